The molecule has 2 aromatic carbocycles. The van der Waals surface area contributed by atoms with Crippen molar-refractivity contribution in [1.29, 1.82) is 0 Å². The lowest BCUT2D eigenvalue weighted by molar-refractivity contribution is -0.132. The third kappa shape index (κ3) is 5.33. The third-order valence-electron chi connectivity index (χ3n) is 5.55. The van der Waals surface area contributed by atoms with Gasteiger partial charge < -0.3 is 9.80 Å². The minimum absolute atomic E-state index is 0.100. The number of halogens is 1. The summed E-state index contributed by atoms with van der Waals surface area (Å²) in [4.78, 5) is 29.0. The van der Waals surface area contributed by atoms with Crippen LogP contribution < -0.4 is 0 Å². The van der Waals surface area contributed by atoms with Gasteiger partial charge in [-0.1, -0.05) is 54.1 Å². The largest absolute Gasteiger partial charge is 0.339 e. The Labute approximate surface area is 186 Å². The molecule has 0 aliphatic carbocycles. The van der Waals surface area contributed by atoms with Crippen molar-refractivity contribution in [2.75, 3.05) is 26.2 Å². The van der Waals surface area contributed by atoms with E-state index in [0.29, 0.717) is 49.0 Å². The van der Waals surface area contributed by atoms with Crippen LogP contribution in [0, 0.1) is 0 Å². The lowest BCUT2D eigenvalue weighted by atomic mass is 10.1. The van der Waals surface area contributed by atoms with Gasteiger partial charge in [-0.25, -0.2) is 0 Å². The van der Waals surface area contributed by atoms with E-state index in [-0.39, 0.29) is 11.8 Å². The van der Waals surface area contributed by atoms with Crippen LogP contribution in [0.4, 0.5) is 0 Å². The average molecular weight is 437 g/mol. The molecule has 7 heteroatoms. The van der Waals surface area contributed by atoms with Crippen molar-refractivity contribution in [3.8, 4) is 11.3 Å². The van der Waals surface area contributed by atoms with Crippen LogP contribution >= 0.6 is 11.6 Å². The Kier molecular flexibility index (Phi) is 6.67. The molecule has 4 rings (SSSR count). The molecule has 0 unspecified atom stereocenters. The maximum Gasteiger partial charge on any atom is 0.272 e. The van der Waals surface area contributed by atoms with Crippen molar-refractivity contribution in [2.45, 2.75) is 19.3 Å². The molecule has 160 valence electrons. The molecule has 2 amide bonds. The molecule has 1 aromatic heterocycles. The topological polar surface area (TPSA) is 69.3 Å². The number of hydrogen-bond acceptors (Lipinski definition) is 3. The molecule has 31 heavy (non-hydrogen) atoms. The number of nitrogens with zero attached hydrogens (tertiary/aromatic N) is 3. The zero-order chi connectivity index (χ0) is 21.6. The van der Waals surface area contributed by atoms with E-state index in [0.717, 1.165) is 18.4 Å². The van der Waals surface area contributed by atoms with Gasteiger partial charge in [0, 0.05) is 43.2 Å². The van der Waals surface area contributed by atoms with Gasteiger partial charge in [0.1, 0.15) is 5.69 Å². The first-order valence-electron chi connectivity index (χ1n) is 10.5. The van der Waals surface area contributed by atoms with Crippen LogP contribution in [0.25, 0.3) is 11.3 Å². The number of H-pyrrole nitrogens is 1. The zero-order valence-electron chi connectivity index (χ0n) is 17.3. The molecule has 1 N–H and O–H groups in total. The first-order chi connectivity index (χ1) is 15.1. The summed E-state index contributed by atoms with van der Waals surface area (Å²) in [5, 5.41) is 7.71. The molecule has 0 bridgehead atoms. The normalized spacial score (nSPS) is 14.0. The van der Waals surface area contributed by atoms with Gasteiger partial charge in [-0.2, -0.15) is 5.10 Å². The molecule has 0 radical (unpaired) electrons. The fourth-order valence-electron chi connectivity index (χ4n) is 3.80. The van der Waals surface area contributed by atoms with Gasteiger partial charge in [0.2, 0.25) is 5.91 Å². The van der Waals surface area contributed by atoms with Crippen molar-refractivity contribution in [3.05, 3.63) is 76.9 Å². The van der Waals surface area contributed by atoms with Gasteiger partial charge >= 0.3 is 0 Å². The number of aryl methyl sites for hydroxylation is 1. The predicted molar refractivity (Wildman–Crippen MR) is 121 cm³/mol. The molecule has 2 heterocycles. The third-order valence-corrected chi connectivity index (χ3v) is 5.78. The molecule has 0 saturated carbocycles. The molecular weight excluding hydrogens is 412 g/mol. The van der Waals surface area contributed by atoms with Crippen molar-refractivity contribution in [1.82, 2.24) is 20.0 Å². The van der Waals surface area contributed by atoms with E-state index in [9.17, 15) is 9.59 Å². The second-order valence-electron chi connectivity index (χ2n) is 7.69. The second kappa shape index (κ2) is 9.79. The van der Waals surface area contributed by atoms with E-state index in [1.54, 1.807) is 17.0 Å². The standard InChI is InChI=1S/C24H25ClN4O2/c25-20-10-5-9-19(16-20)21-17-22(27-26-21)24(31)29-14-12-28(13-15-29)23(30)11-4-8-18-6-2-1-3-7-18/h1-3,5-7,9-10,16-17H,4,8,11-15H2,(H,26,27). The van der Waals surface area contributed by atoms with Crippen LogP contribution in [-0.2, 0) is 11.2 Å². The van der Waals surface area contributed by atoms with Crippen LogP contribution in [-0.4, -0.2) is 58.0 Å². The number of carbonyl (C=O) groups is 2. The van der Waals surface area contributed by atoms with Gasteiger partial charge in [-0.15, -0.1) is 0 Å². The van der Waals surface area contributed by atoms with Crippen molar-refractivity contribution in [3.63, 3.8) is 0 Å². The minimum Gasteiger partial charge on any atom is -0.339 e. The summed E-state index contributed by atoms with van der Waals surface area (Å²) in [6, 6.07) is 19.3. The van der Waals surface area contributed by atoms with Crippen LogP contribution in [0.3, 0.4) is 0 Å². The smallest absolute Gasteiger partial charge is 0.272 e. The van der Waals surface area contributed by atoms with E-state index in [4.69, 9.17) is 11.6 Å². The monoisotopic (exact) mass is 436 g/mol. The zero-order valence-corrected chi connectivity index (χ0v) is 18.0. The molecule has 1 aliphatic rings. The first-order valence-corrected chi connectivity index (χ1v) is 10.9. The lowest BCUT2D eigenvalue weighted by Crippen LogP contribution is -2.50. The molecule has 1 aliphatic heterocycles. The highest BCUT2D eigenvalue weighted by Gasteiger charge is 2.25. The maximum absolute atomic E-state index is 12.8. The number of hydrogen-bond donors (Lipinski definition) is 1. The van der Waals surface area contributed by atoms with Gasteiger partial charge in [0.15, 0.2) is 0 Å². The average Bonchev–Trinajstić information content (AvgIpc) is 3.30. The summed E-state index contributed by atoms with van der Waals surface area (Å²) in [6.45, 7) is 2.17. The molecular formula is C24H25ClN4O2. The SMILES string of the molecule is O=C(CCCc1ccccc1)N1CCN(C(=O)c2cc(-c3cccc(Cl)c3)n[nH]2)CC1. The molecule has 1 saturated heterocycles. The van der Waals surface area contributed by atoms with Crippen LogP contribution in [0.2, 0.25) is 5.02 Å². The highest BCUT2D eigenvalue weighted by Crippen LogP contribution is 2.22. The van der Waals surface area contributed by atoms with Crippen molar-refractivity contribution < 1.29 is 9.59 Å². The van der Waals surface area contributed by atoms with Crippen LogP contribution in [0.1, 0.15) is 28.9 Å². The second-order valence-corrected chi connectivity index (χ2v) is 8.13. The van der Waals surface area contributed by atoms with E-state index < -0.39 is 0 Å². The number of aromatic nitrogens is 2. The first kappa shape index (κ1) is 21.1. The Hall–Kier alpha value is -3.12. The Bertz CT molecular complexity index is 1040. The van der Waals surface area contributed by atoms with Crippen LogP contribution in [0.15, 0.2) is 60.7 Å². The highest BCUT2D eigenvalue weighted by molar-refractivity contribution is 6.30. The van der Waals surface area contributed by atoms with E-state index in [2.05, 4.69) is 22.3 Å². The molecule has 1 fully saturated rings. The fourth-order valence-corrected chi connectivity index (χ4v) is 3.99. The highest BCUT2D eigenvalue weighted by atomic mass is 35.5. The number of nitrogens with one attached hydrogen (secondary N) is 1. The van der Waals surface area contributed by atoms with E-state index in [1.807, 2.05) is 41.3 Å². The van der Waals surface area contributed by atoms with Crippen molar-refractivity contribution >= 4 is 23.4 Å². The molecule has 3 aromatic rings. The number of piperazine rings is 1. The van der Waals surface area contributed by atoms with Gasteiger partial charge in [0.05, 0.1) is 5.69 Å². The molecule has 0 atom stereocenters. The number of rotatable bonds is 6. The van der Waals surface area contributed by atoms with Crippen LogP contribution in [0.5, 0.6) is 0 Å². The molecule has 6 nitrogen and oxygen atoms in total. The van der Waals surface area contributed by atoms with Gasteiger partial charge in [0.25, 0.3) is 5.91 Å². The number of aromatic amines is 1. The number of carbonyl (C=O) groups excluding carboxylic acids is 2. The summed E-state index contributed by atoms with van der Waals surface area (Å²) in [6.07, 6.45) is 2.27. The Balaban J connectivity index is 1.26. The van der Waals surface area contributed by atoms with E-state index >= 15 is 0 Å². The Morgan fingerprint density at radius 1 is 0.935 bits per heavy atom. The lowest BCUT2D eigenvalue weighted by Gasteiger charge is -2.34. The predicted octanol–water partition coefficient (Wildman–Crippen LogP) is 4.04. The summed E-state index contributed by atoms with van der Waals surface area (Å²) < 4.78 is 0. The molecule has 0 spiro atoms. The fraction of sp³-hybridized carbons (Fsp3) is 0.292. The Morgan fingerprint density at radius 2 is 1.68 bits per heavy atom. The number of benzene rings is 2. The quantitative estimate of drug-likeness (QED) is 0.634. The van der Waals surface area contributed by atoms with Crippen molar-refractivity contribution in [2.24, 2.45) is 0 Å². The summed E-state index contributed by atoms with van der Waals surface area (Å²) in [5.74, 6) is 0.0600. The van der Waals surface area contributed by atoms with Gasteiger partial charge in [-0.3, -0.25) is 14.7 Å². The Morgan fingerprint density at radius 3 is 2.42 bits per heavy atom. The minimum atomic E-state index is -0.100. The maximum atomic E-state index is 12.8. The summed E-state index contributed by atoms with van der Waals surface area (Å²) in [5.41, 5.74) is 3.23. The van der Waals surface area contributed by atoms with Gasteiger partial charge in [-0.05, 0) is 36.6 Å². The summed E-state index contributed by atoms with van der Waals surface area (Å²) in [7, 11) is 0. The summed E-state index contributed by atoms with van der Waals surface area (Å²) >= 11 is 6.04. The number of amides is 2. The van der Waals surface area contributed by atoms with E-state index in [1.165, 1.54) is 5.56 Å².